The number of hydrogen-bond donors (Lipinski definition) is 2. The highest BCUT2D eigenvalue weighted by molar-refractivity contribution is 5.76. The van der Waals surface area contributed by atoms with Gasteiger partial charge in [0.2, 0.25) is 5.91 Å². The highest BCUT2D eigenvalue weighted by Gasteiger charge is 2.11. The second-order valence-corrected chi connectivity index (χ2v) is 6.68. The molecule has 0 aromatic heterocycles. The second-order valence-electron chi connectivity index (χ2n) is 6.68. The van der Waals surface area contributed by atoms with E-state index in [2.05, 4.69) is 34.5 Å². The topological polar surface area (TPSA) is 67.6 Å². The van der Waals surface area contributed by atoms with E-state index in [1.54, 1.807) is 0 Å². The highest BCUT2D eigenvalue weighted by Crippen LogP contribution is 2.13. The fourth-order valence-corrected chi connectivity index (χ4v) is 3.15. The van der Waals surface area contributed by atoms with Crippen molar-refractivity contribution in [3.63, 3.8) is 0 Å². The quantitative estimate of drug-likeness (QED) is 0.750. The molecule has 2 aromatic rings. The summed E-state index contributed by atoms with van der Waals surface area (Å²) >= 11 is 0. The minimum Gasteiger partial charge on any atom is -0.399 e. The number of nitrogens with two attached hydrogens (primary N) is 1. The predicted octanol–water partition coefficient (Wildman–Crippen LogP) is 2.35. The number of carbonyl (C=O) groups excluding carboxylic acids is 1. The van der Waals surface area contributed by atoms with Crippen LogP contribution in [0, 0.1) is 0 Å². The molecule has 1 aliphatic rings. The first-order valence-electron chi connectivity index (χ1n) is 9.19. The van der Waals surface area contributed by atoms with Gasteiger partial charge in [0, 0.05) is 38.3 Å². The van der Waals surface area contributed by atoms with E-state index in [4.69, 9.17) is 10.5 Å². The monoisotopic (exact) mass is 353 g/mol. The van der Waals surface area contributed by atoms with Gasteiger partial charge in [-0.25, -0.2) is 0 Å². The molecule has 0 bridgehead atoms. The molecular weight excluding hydrogens is 326 g/mol. The molecule has 1 saturated heterocycles. The zero-order chi connectivity index (χ0) is 18.2. The molecule has 0 spiro atoms. The Hall–Kier alpha value is -2.37. The van der Waals surface area contributed by atoms with Crippen molar-refractivity contribution in [1.29, 1.82) is 0 Å². The third-order valence-electron chi connectivity index (χ3n) is 4.67. The Morgan fingerprint density at radius 2 is 1.85 bits per heavy atom. The molecule has 1 amide bonds. The maximum atomic E-state index is 12.1. The molecule has 26 heavy (non-hydrogen) atoms. The number of hydrogen-bond acceptors (Lipinski definition) is 4. The molecule has 0 unspecified atom stereocenters. The zero-order valence-corrected chi connectivity index (χ0v) is 15.1. The molecule has 1 heterocycles. The molecule has 0 aliphatic carbocycles. The Bertz CT molecular complexity index is 727. The maximum absolute atomic E-state index is 12.1. The number of para-hydroxylation sites is 1. The lowest BCUT2D eigenvalue weighted by Gasteiger charge is -2.26. The van der Waals surface area contributed by atoms with Crippen LogP contribution in [0.4, 0.5) is 5.69 Å². The van der Waals surface area contributed by atoms with Gasteiger partial charge in [-0.1, -0.05) is 42.5 Å². The van der Waals surface area contributed by atoms with Crippen LogP contribution in [0.15, 0.2) is 48.5 Å². The predicted molar refractivity (Wildman–Crippen MR) is 104 cm³/mol. The molecule has 5 heteroatoms. The normalized spacial score (nSPS) is 14.9. The van der Waals surface area contributed by atoms with E-state index < -0.39 is 0 Å². The number of aryl methyl sites for hydroxylation is 1. The van der Waals surface area contributed by atoms with E-state index in [1.165, 1.54) is 5.56 Å². The lowest BCUT2D eigenvalue weighted by molar-refractivity contribution is -0.121. The number of amides is 1. The number of rotatable bonds is 7. The molecule has 0 radical (unpaired) electrons. The van der Waals surface area contributed by atoms with Gasteiger partial charge in [0.05, 0.1) is 13.2 Å². The first-order chi connectivity index (χ1) is 12.7. The highest BCUT2D eigenvalue weighted by atomic mass is 16.5. The molecule has 2 aromatic carbocycles. The lowest BCUT2D eigenvalue weighted by atomic mass is 10.1. The SMILES string of the molecule is Nc1ccccc1CCC(=O)NCc1cccc(CN2CCOCC2)c1. The van der Waals surface area contributed by atoms with E-state index in [0.29, 0.717) is 19.4 Å². The van der Waals surface area contributed by atoms with Crippen molar-refractivity contribution < 1.29 is 9.53 Å². The molecule has 138 valence electrons. The first kappa shape index (κ1) is 18.4. The van der Waals surface area contributed by atoms with Gasteiger partial charge in [-0.05, 0) is 29.2 Å². The van der Waals surface area contributed by atoms with Gasteiger partial charge in [-0.2, -0.15) is 0 Å². The summed E-state index contributed by atoms with van der Waals surface area (Å²) in [6.07, 6.45) is 1.11. The van der Waals surface area contributed by atoms with Crippen LogP contribution in [0.5, 0.6) is 0 Å². The van der Waals surface area contributed by atoms with Crippen molar-refractivity contribution in [2.24, 2.45) is 0 Å². The Morgan fingerprint density at radius 1 is 1.08 bits per heavy atom. The summed E-state index contributed by atoms with van der Waals surface area (Å²) in [6, 6.07) is 16.1. The summed E-state index contributed by atoms with van der Waals surface area (Å²) < 4.78 is 5.39. The number of benzene rings is 2. The Labute approximate surface area is 155 Å². The molecule has 0 saturated carbocycles. The van der Waals surface area contributed by atoms with Crippen LogP contribution in [0.25, 0.3) is 0 Å². The van der Waals surface area contributed by atoms with Gasteiger partial charge in [-0.15, -0.1) is 0 Å². The standard InChI is InChI=1S/C21H27N3O2/c22-20-7-2-1-6-19(20)8-9-21(25)23-15-17-4-3-5-18(14-17)16-24-10-12-26-13-11-24/h1-7,14H,8-13,15-16,22H2,(H,23,25). The number of nitrogens with one attached hydrogen (secondary N) is 1. The fourth-order valence-electron chi connectivity index (χ4n) is 3.15. The third kappa shape index (κ3) is 5.58. The van der Waals surface area contributed by atoms with Crippen LogP contribution >= 0.6 is 0 Å². The molecule has 5 nitrogen and oxygen atoms in total. The van der Waals surface area contributed by atoms with E-state index in [9.17, 15) is 4.79 Å². The lowest BCUT2D eigenvalue weighted by Crippen LogP contribution is -2.35. The largest absolute Gasteiger partial charge is 0.399 e. The van der Waals surface area contributed by atoms with Crippen molar-refractivity contribution in [1.82, 2.24) is 10.2 Å². The van der Waals surface area contributed by atoms with Crippen LogP contribution in [0.3, 0.4) is 0 Å². The van der Waals surface area contributed by atoms with Gasteiger partial charge in [-0.3, -0.25) is 9.69 Å². The second kappa shape index (κ2) is 9.36. The van der Waals surface area contributed by atoms with Crippen molar-refractivity contribution in [2.75, 3.05) is 32.0 Å². The van der Waals surface area contributed by atoms with E-state index in [-0.39, 0.29) is 5.91 Å². The fraction of sp³-hybridized carbons (Fsp3) is 0.381. The number of morpholine rings is 1. The number of ether oxygens (including phenoxy) is 1. The van der Waals surface area contributed by atoms with E-state index in [1.807, 2.05) is 24.3 Å². The molecule has 1 aliphatic heterocycles. The number of nitrogens with zero attached hydrogens (tertiary/aromatic N) is 1. The minimum atomic E-state index is 0.0480. The van der Waals surface area contributed by atoms with Crippen molar-refractivity contribution in [2.45, 2.75) is 25.9 Å². The van der Waals surface area contributed by atoms with Crippen molar-refractivity contribution in [3.8, 4) is 0 Å². The molecule has 1 fully saturated rings. The third-order valence-corrected chi connectivity index (χ3v) is 4.67. The Morgan fingerprint density at radius 3 is 2.65 bits per heavy atom. The maximum Gasteiger partial charge on any atom is 0.220 e. The van der Waals surface area contributed by atoms with Crippen LogP contribution in [-0.2, 0) is 29.0 Å². The van der Waals surface area contributed by atoms with Crippen LogP contribution < -0.4 is 11.1 Å². The van der Waals surface area contributed by atoms with Crippen molar-refractivity contribution in [3.05, 3.63) is 65.2 Å². The van der Waals surface area contributed by atoms with E-state index in [0.717, 1.165) is 49.7 Å². The smallest absolute Gasteiger partial charge is 0.220 e. The van der Waals surface area contributed by atoms with Gasteiger partial charge in [0.25, 0.3) is 0 Å². The molecular formula is C21H27N3O2. The summed E-state index contributed by atoms with van der Waals surface area (Å²) in [5.41, 5.74) is 10.1. The zero-order valence-electron chi connectivity index (χ0n) is 15.1. The molecule has 0 atom stereocenters. The summed E-state index contributed by atoms with van der Waals surface area (Å²) in [6.45, 7) is 5.05. The Balaban J connectivity index is 1.45. The average Bonchev–Trinajstić information content (AvgIpc) is 2.67. The minimum absolute atomic E-state index is 0.0480. The van der Waals surface area contributed by atoms with Crippen LogP contribution in [0.2, 0.25) is 0 Å². The van der Waals surface area contributed by atoms with Crippen LogP contribution in [-0.4, -0.2) is 37.1 Å². The first-order valence-corrected chi connectivity index (χ1v) is 9.19. The number of carbonyl (C=O) groups is 1. The Kier molecular flexibility index (Phi) is 6.63. The van der Waals surface area contributed by atoms with Gasteiger partial charge in [0.1, 0.15) is 0 Å². The summed E-state index contributed by atoms with van der Waals surface area (Å²) in [4.78, 5) is 14.5. The summed E-state index contributed by atoms with van der Waals surface area (Å²) in [5, 5.41) is 3.01. The number of anilines is 1. The average molecular weight is 353 g/mol. The van der Waals surface area contributed by atoms with Crippen LogP contribution in [0.1, 0.15) is 23.1 Å². The van der Waals surface area contributed by atoms with Gasteiger partial charge < -0.3 is 15.8 Å². The summed E-state index contributed by atoms with van der Waals surface area (Å²) in [7, 11) is 0. The van der Waals surface area contributed by atoms with E-state index >= 15 is 0 Å². The van der Waals surface area contributed by atoms with Gasteiger partial charge >= 0.3 is 0 Å². The number of nitrogen functional groups attached to an aromatic ring is 1. The summed E-state index contributed by atoms with van der Waals surface area (Å²) in [5.74, 6) is 0.0480. The van der Waals surface area contributed by atoms with Crippen molar-refractivity contribution >= 4 is 11.6 Å². The molecule has 3 N–H and O–H groups in total. The van der Waals surface area contributed by atoms with Gasteiger partial charge in [0.15, 0.2) is 0 Å². The molecule has 3 rings (SSSR count).